The van der Waals surface area contributed by atoms with Gasteiger partial charge in [-0.15, -0.1) is 0 Å². The van der Waals surface area contributed by atoms with Crippen LogP contribution in [-0.4, -0.2) is 23.0 Å². The Kier molecular flexibility index (Phi) is 4.35. The highest BCUT2D eigenvalue weighted by molar-refractivity contribution is 5.23. The van der Waals surface area contributed by atoms with Crippen LogP contribution in [0.15, 0.2) is 11.6 Å². The Morgan fingerprint density at radius 3 is 2.27 bits per heavy atom. The first-order valence-corrected chi connectivity index (χ1v) is 5.92. The highest BCUT2D eigenvalue weighted by Gasteiger charge is 2.25. The zero-order valence-electron chi connectivity index (χ0n) is 10.3. The van der Waals surface area contributed by atoms with Gasteiger partial charge in [0.25, 0.3) is 0 Å². The molecule has 0 N–H and O–H groups in total. The molecule has 0 aromatic rings. The molecule has 0 aromatic heterocycles. The molecule has 1 aliphatic rings. The minimum absolute atomic E-state index is 0.590. The molecule has 0 bridgehead atoms. The quantitative estimate of drug-likeness (QED) is 0.709. The molecule has 2 nitrogen and oxygen atoms in total. The second kappa shape index (κ2) is 5.32. The zero-order chi connectivity index (χ0) is 11.4. The summed E-state index contributed by atoms with van der Waals surface area (Å²) in [6, 6.07) is 4.07. The van der Waals surface area contributed by atoms with Crippen LogP contribution in [0.2, 0.25) is 0 Å². The lowest BCUT2D eigenvalue weighted by Crippen LogP contribution is -2.45. The van der Waals surface area contributed by atoms with Gasteiger partial charge in [0.1, 0.15) is 0 Å². The Bertz CT molecular complexity index is 263. The van der Waals surface area contributed by atoms with E-state index in [9.17, 15) is 0 Å². The molecule has 0 heterocycles. The van der Waals surface area contributed by atoms with Gasteiger partial charge in [0.05, 0.1) is 6.07 Å². The molecule has 0 aromatic carbocycles. The molecule has 0 radical (unpaired) electrons. The fourth-order valence-corrected chi connectivity index (χ4v) is 2.63. The average molecular weight is 206 g/mol. The fourth-order valence-electron chi connectivity index (χ4n) is 2.63. The molecule has 15 heavy (non-hydrogen) atoms. The molecule has 1 aliphatic carbocycles. The van der Waals surface area contributed by atoms with Crippen molar-refractivity contribution in [3.63, 3.8) is 0 Å². The first kappa shape index (κ1) is 12.3. The minimum atomic E-state index is 0.590. The number of hydrogen-bond donors (Lipinski definition) is 0. The van der Waals surface area contributed by atoms with Crippen LogP contribution in [0.1, 0.15) is 47.0 Å². The molecule has 0 fully saturated rings. The summed E-state index contributed by atoms with van der Waals surface area (Å²) in [7, 11) is 0. The Labute approximate surface area is 93.6 Å². The Hall–Kier alpha value is -0.810. The predicted octanol–water partition coefficient (Wildman–Crippen LogP) is 3.11. The third-order valence-electron chi connectivity index (χ3n) is 3.14. The summed E-state index contributed by atoms with van der Waals surface area (Å²) in [6.07, 6.45) is 5.25. The van der Waals surface area contributed by atoms with Crippen molar-refractivity contribution in [1.82, 2.24) is 4.90 Å². The number of hydrogen-bond acceptors (Lipinski definition) is 2. The fraction of sp³-hybridized carbons (Fsp3) is 0.769. The zero-order valence-corrected chi connectivity index (χ0v) is 10.3. The van der Waals surface area contributed by atoms with Crippen molar-refractivity contribution in [3.8, 4) is 6.07 Å². The maximum Gasteiger partial charge on any atom is 0.0943 e. The first-order valence-electron chi connectivity index (χ1n) is 5.92. The van der Waals surface area contributed by atoms with Crippen molar-refractivity contribution in [3.05, 3.63) is 11.6 Å². The summed E-state index contributed by atoms with van der Waals surface area (Å²) in [5.74, 6) is 0. The van der Waals surface area contributed by atoms with E-state index in [1.807, 2.05) is 0 Å². The van der Waals surface area contributed by atoms with E-state index in [1.54, 1.807) is 0 Å². The van der Waals surface area contributed by atoms with Gasteiger partial charge in [-0.05, 0) is 47.0 Å². The Morgan fingerprint density at radius 2 is 1.93 bits per heavy atom. The van der Waals surface area contributed by atoms with Gasteiger partial charge in [0, 0.05) is 23.7 Å². The van der Waals surface area contributed by atoms with E-state index >= 15 is 0 Å². The van der Waals surface area contributed by atoms with Gasteiger partial charge < -0.3 is 0 Å². The van der Waals surface area contributed by atoms with Gasteiger partial charge in [-0.1, -0.05) is 6.08 Å². The van der Waals surface area contributed by atoms with E-state index in [4.69, 9.17) is 5.26 Å². The van der Waals surface area contributed by atoms with Gasteiger partial charge >= 0.3 is 0 Å². The molecule has 0 spiro atoms. The van der Waals surface area contributed by atoms with Crippen LogP contribution in [0.3, 0.4) is 0 Å². The highest BCUT2D eigenvalue weighted by atomic mass is 15.2. The van der Waals surface area contributed by atoms with E-state index in [0.29, 0.717) is 18.1 Å². The topological polar surface area (TPSA) is 27.0 Å². The van der Waals surface area contributed by atoms with Gasteiger partial charge in [-0.3, -0.25) is 4.90 Å². The Morgan fingerprint density at radius 1 is 1.33 bits per heavy atom. The largest absolute Gasteiger partial charge is 0.295 e. The van der Waals surface area contributed by atoms with Gasteiger partial charge in [0.15, 0.2) is 0 Å². The first-order chi connectivity index (χ1) is 7.06. The second-order valence-electron chi connectivity index (χ2n) is 4.90. The molecular weight excluding hydrogens is 184 g/mol. The van der Waals surface area contributed by atoms with E-state index < -0.39 is 0 Å². The van der Waals surface area contributed by atoms with E-state index in [1.165, 1.54) is 0 Å². The Balaban J connectivity index is 2.66. The molecule has 0 saturated carbocycles. The van der Waals surface area contributed by atoms with Gasteiger partial charge in [-0.2, -0.15) is 5.26 Å². The summed E-state index contributed by atoms with van der Waals surface area (Å²) in [4.78, 5) is 2.56. The third-order valence-corrected chi connectivity index (χ3v) is 3.14. The standard InChI is InChI=1S/C13H22N2/c1-10(2)15(11(3)4)13-7-5-12(9-14)6-8-13/h5,10-11,13H,6-8H2,1-4H3. The van der Waals surface area contributed by atoms with E-state index in [2.05, 4.69) is 44.7 Å². The molecular formula is C13H22N2. The summed E-state index contributed by atoms with van der Waals surface area (Å²) in [5.41, 5.74) is 0.971. The maximum atomic E-state index is 8.80. The summed E-state index contributed by atoms with van der Waals surface area (Å²) in [6.45, 7) is 9.01. The number of rotatable bonds is 3. The SMILES string of the molecule is CC(C)N(C(C)C)C1CC=C(C#N)CC1. The molecule has 1 atom stereocenters. The van der Waals surface area contributed by atoms with E-state index in [-0.39, 0.29) is 0 Å². The maximum absolute atomic E-state index is 8.80. The van der Waals surface area contributed by atoms with Crippen molar-refractivity contribution in [1.29, 1.82) is 5.26 Å². The molecule has 1 rings (SSSR count). The van der Waals surface area contributed by atoms with E-state index in [0.717, 1.165) is 24.8 Å². The summed E-state index contributed by atoms with van der Waals surface area (Å²) >= 11 is 0. The van der Waals surface area contributed by atoms with Gasteiger partial charge in [-0.25, -0.2) is 0 Å². The van der Waals surface area contributed by atoms with Crippen LogP contribution in [-0.2, 0) is 0 Å². The molecule has 1 unspecified atom stereocenters. The molecule has 2 heteroatoms. The van der Waals surface area contributed by atoms with Crippen LogP contribution in [0.25, 0.3) is 0 Å². The van der Waals surface area contributed by atoms with Gasteiger partial charge in [0.2, 0.25) is 0 Å². The van der Waals surface area contributed by atoms with Crippen LogP contribution >= 0.6 is 0 Å². The number of nitriles is 1. The van der Waals surface area contributed by atoms with Crippen LogP contribution in [0, 0.1) is 11.3 Å². The van der Waals surface area contributed by atoms with Crippen LogP contribution in [0.5, 0.6) is 0 Å². The average Bonchev–Trinajstić information content (AvgIpc) is 2.18. The van der Waals surface area contributed by atoms with Crippen LogP contribution < -0.4 is 0 Å². The normalized spacial score (nSPS) is 22.0. The van der Waals surface area contributed by atoms with Crippen molar-refractivity contribution in [2.24, 2.45) is 0 Å². The van der Waals surface area contributed by atoms with Crippen molar-refractivity contribution in [2.75, 3.05) is 0 Å². The molecule has 0 aliphatic heterocycles. The lowest BCUT2D eigenvalue weighted by Gasteiger charge is -2.39. The van der Waals surface area contributed by atoms with Crippen molar-refractivity contribution < 1.29 is 0 Å². The second-order valence-corrected chi connectivity index (χ2v) is 4.90. The third kappa shape index (κ3) is 3.07. The van der Waals surface area contributed by atoms with Crippen molar-refractivity contribution in [2.45, 2.75) is 65.1 Å². The smallest absolute Gasteiger partial charge is 0.0943 e. The highest BCUT2D eigenvalue weighted by Crippen LogP contribution is 2.25. The number of nitrogens with zero attached hydrogens (tertiary/aromatic N) is 2. The summed E-state index contributed by atoms with van der Waals surface area (Å²) < 4.78 is 0. The predicted molar refractivity (Wildman–Crippen MR) is 63.4 cm³/mol. The molecule has 84 valence electrons. The lowest BCUT2D eigenvalue weighted by atomic mass is 9.93. The summed E-state index contributed by atoms with van der Waals surface area (Å²) in [5, 5.41) is 8.80. The number of allylic oxidation sites excluding steroid dienone is 1. The minimum Gasteiger partial charge on any atom is -0.295 e. The van der Waals surface area contributed by atoms with Crippen LogP contribution in [0.4, 0.5) is 0 Å². The molecule has 0 saturated heterocycles. The monoisotopic (exact) mass is 206 g/mol. The molecule has 0 amide bonds. The lowest BCUT2D eigenvalue weighted by molar-refractivity contribution is 0.105. The van der Waals surface area contributed by atoms with Crippen molar-refractivity contribution >= 4 is 0 Å².